The van der Waals surface area contributed by atoms with E-state index in [0.717, 1.165) is 36.4 Å². The molecule has 14 nitrogen and oxygen atoms in total. The fraction of sp³-hybridized carbons (Fsp3) is 0.333. The first-order valence-electron chi connectivity index (χ1n) is 10.7. The van der Waals surface area contributed by atoms with E-state index < -0.39 is 95.8 Å². The molecule has 2 aromatic rings. The average Bonchev–Trinajstić information content (AvgIpc) is 3.03. The maximum Gasteiger partial charge on any atom is 0.339 e. The number of benzene rings is 2. The van der Waals surface area contributed by atoms with Gasteiger partial charge in [0, 0.05) is 0 Å². The number of rotatable bonds is 9. The minimum absolute atomic E-state index is 0.415. The second kappa shape index (κ2) is 11.2. The van der Waals surface area contributed by atoms with E-state index in [1.807, 2.05) is 0 Å². The first-order chi connectivity index (χ1) is 18.7. The fourth-order valence-corrected chi connectivity index (χ4v) is 5.40. The largest absolute Gasteiger partial charge is 0.437 e. The number of hydrogen-bond donors (Lipinski definition) is 5. The Morgan fingerprint density at radius 2 is 1.34 bits per heavy atom. The van der Waals surface area contributed by atoms with Gasteiger partial charge >= 0.3 is 38.1 Å². The molecular weight excluding hydrogens is 616 g/mol. The number of ether oxygens (including phenoxy) is 3. The third kappa shape index (κ3) is 6.33. The van der Waals surface area contributed by atoms with Crippen molar-refractivity contribution in [2.75, 3.05) is 0 Å². The van der Waals surface area contributed by atoms with E-state index in [1.165, 1.54) is 0 Å². The van der Waals surface area contributed by atoms with Gasteiger partial charge < -0.3 is 29.5 Å². The van der Waals surface area contributed by atoms with Gasteiger partial charge in [-0.1, -0.05) is 12.1 Å². The molecule has 0 saturated carbocycles. The second-order valence-corrected chi connectivity index (χ2v) is 11.4. The molecule has 1 heterocycles. The highest BCUT2D eigenvalue weighted by Gasteiger charge is 2.78. The Morgan fingerprint density at radius 3 is 1.76 bits per heavy atom. The zero-order chi connectivity index (χ0) is 31.1. The number of carbonyl (C=O) groups is 2. The minimum Gasteiger partial charge on any atom is -0.437 e. The van der Waals surface area contributed by atoms with Gasteiger partial charge in [0.25, 0.3) is 10.9 Å². The van der Waals surface area contributed by atoms with Crippen molar-refractivity contribution in [2.24, 2.45) is 0 Å². The maximum atomic E-state index is 15.1. The summed E-state index contributed by atoms with van der Waals surface area (Å²) < 4.78 is 137. The van der Waals surface area contributed by atoms with E-state index in [9.17, 15) is 59.6 Å². The van der Waals surface area contributed by atoms with Crippen LogP contribution in [0.1, 0.15) is 20.7 Å². The Labute approximate surface area is 227 Å². The molecule has 1 aliphatic heterocycles. The van der Waals surface area contributed by atoms with E-state index in [-0.39, 0.29) is 0 Å². The summed E-state index contributed by atoms with van der Waals surface area (Å²) in [5.41, 5.74) is -13.8. The minimum atomic E-state index is -6.24. The summed E-state index contributed by atoms with van der Waals surface area (Å²) in [7, 11) is -12.2. The van der Waals surface area contributed by atoms with Crippen LogP contribution in [-0.4, -0.2) is 94.1 Å². The van der Waals surface area contributed by atoms with E-state index >= 15 is 8.78 Å². The molecule has 41 heavy (non-hydrogen) atoms. The predicted octanol–water partition coefficient (Wildman–Crippen LogP) is -0.149. The molecule has 1 aliphatic rings. The van der Waals surface area contributed by atoms with Crippen LogP contribution in [0.15, 0.2) is 48.5 Å². The molecule has 3 rings (SSSR count). The summed E-state index contributed by atoms with van der Waals surface area (Å²) in [6, 6.07) is 5.98. The van der Waals surface area contributed by atoms with E-state index in [2.05, 4.69) is 14.2 Å². The van der Waals surface area contributed by atoms with Crippen LogP contribution < -0.4 is 0 Å². The van der Waals surface area contributed by atoms with Gasteiger partial charge in [-0.2, -0.15) is 25.6 Å². The topological polar surface area (TPSA) is 231 Å². The molecule has 0 radical (unpaired) electrons. The van der Waals surface area contributed by atoms with Crippen molar-refractivity contribution >= 4 is 32.2 Å². The molecule has 0 bridgehead atoms. The molecule has 0 aromatic heterocycles. The first-order valence-corrected chi connectivity index (χ1v) is 13.7. The quantitative estimate of drug-likeness (QED) is 0.137. The molecule has 226 valence electrons. The van der Waals surface area contributed by atoms with Crippen LogP contribution in [0.5, 0.6) is 0 Å². The molecule has 0 aliphatic carbocycles. The molecule has 0 spiro atoms. The third-order valence-corrected chi connectivity index (χ3v) is 7.58. The Balaban J connectivity index is 2.10. The number of aliphatic hydroxyl groups is 3. The average molecular weight is 634 g/mol. The van der Waals surface area contributed by atoms with Gasteiger partial charge in [-0.25, -0.2) is 18.4 Å². The number of carbonyl (C=O) groups excluding carboxylic acids is 2. The monoisotopic (exact) mass is 634 g/mol. The fourth-order valence-electron chi connectivity index (χ4n) is 3.74. The van der Waals surface area contributed by atoms with Gasteiger partial charge in [0.05, 0.1) is 11.1 Å². The molecule has 0 amide bonds. The van der Waals surface area contributed by atoms with E-state index in [1.54, 1.807) is 0 Å². The highest BCUT2D eigenvalue weighted by molar-refractivity contribution is 7.86. The summed E-state index contributed by atoms with van der Waals surface area (Å²) in [5.74, 6) is -11.3. The maximum absolute atomic E-state index is 15.1. The van der Waals surface area contributed by atoms with Crippen LogP contribution in [0.2, 0.25) is 0 Å². The Hall–Kier alpha value is -3.24. The lowest BCUT2D eigenvalue weighted by molar-refractivity contribution is -0.235. The highest BCUT2D eigenvalue weighted by Crippen LogP contribution is 2.49. The molecular formula is C21H18F4O14S2. The van der Waals surface area contributed by atoms with Crippen molar-refractivity contribution in [3.63, 3.8) is 0 Å². The highest BCUT2D eigenvalue weighted by atomic mass is 32.2. The van der Waals surface area contributed by atoms with Gasteiger partial charge in [0.2, 0.25) is 11.9 Å². The number of alkyl halides is 2. The SMILES string of the molecule is O=C(OC(C(O)[C@H]1O[C@H](O)C(F)(F)[C@@]1(O)C(OC(=O)c1cccc(F)c1)S(=O)(=O)O)S(=O)(=O)O)c1cccc(F)c1. The zero-order valence-electron chi connectivity index (χ0n) is 19.7. The summed E-state index contributed by atoms with van der Waals surface area (Å²) in [4.78, 5) is 24.8. The molecule has 2 aromatic carbocycles. The van der Waals surface area contributed by atoms with Crippen molar-refractivity contribution in [3.8, 4) is 0 Å². The number of hydrogen-bond acceptors (Lipinski definition) is 12. The molecule has 5 N–H and O–H groups in total. The Bertz CT molecular complexity index is 1550. The summed E-state index contributed by atoms with van der Waals surface area (Å²) in [6.45, 7) is 0. The van der Waals surface area contributed by atoms with Gasteiger partial charge in [-0.15, -0.1) is 0 Å². The molecule has 3 unspecified atom stereocenters. The van der Waals surface area contributed by atoms with Crippen LogP contribution >= 0.6 is 0 Å². The Kier molecular flexibility index (Phi) is 8.82. The molecule has 20 heteroatoms. The predicted molar refractivity (Wildman–Crippen MR) is 121 cm³/mol. The summed E-state index contributed by atoms with van der Waals surface area (Å²) >= 11 is 0. The third-order valence-electron chi connectivity index (χ3n) is 5.62. The van der Waals surface area contributed by atoms with Gasteiger partial charge in [-0.3, -0.25) is 9.11 Å². The van der Waals surface area contributed by atoms with Gasteiger partial charge in [-0.05, 0) is 36.4 Å². The van der Waals surface area contributed by atoms with Crippen molar-refractivity contribution in [1.82, 2.24) is 0 Å². The first kappa shape index (κ1) is 32.3. The summed E-state index contributed by atoms with van der Waals surface area (Å²) in [6.07, 6.45) is -10.5. The lowest BCUT2D eigenvalue weighted by Gasteiger charge is -2.38. The van der Waals surface area contributed by atoms with Gasteiger partial charge in [0.15, 0.2) is 0 Å². The lowest BCUT2D eigenvalue weighted by atomic mass is 9.88. The second-order valence-electron chi connectivity index (χ2n) is 8.41. The van der Waals surface area contributed by atoms with Crippen molar-refractivity contribution < 1.29 is 82.6 Å². The standard InChI is InChI=1S/C21H18F4O14S2/c22-11-5-1-3-9(7-11)15(27)38-17(40(31,32)33)13(26)14-20(30,21(24,25)18(29)37-14)19(41(34,35)36)39-16(28)10-4-2-6-12(23)8-10/h1-8,13-14,17-19,26,29-30H,(H,31,32,33)(H,34,35,36)/t13?,14-,17?,18+,19?,20+/m1/s1. The van der Waals surface area contributed by atoms with Crippen molar-refractivity contribution in [3.05, 3.63) is 71.3 Å². The van der Waals surface area contributed by atoms with Crippen LogP contribution in [0, 0.1) is 11.6 Å². The normalized spacial score (nSPS) is 24.7. The zero-order valence-corrected chi connectivity index (χ0v) is 21.4. The van der Waals surface area contributed by atoms with Crippen LogP contribution in [-0.2, 0) is 34.4 Å². The van der Waals surface area contributed by atoms with Crippen LogP contribution in [0.3, 0.4) is 0 Å². The number of halogens is 4. The summed E-state index contributed by atoms with van der Waals surface area (Å²) in [5, 5.41) is 31.2. The van der Waals surface area contributed by atoms with Crippen LogP contribution in [0.25, 0.3) is 0 Å². The molecule has 1 fully saturated rings. The van der Waals surface area contributed by atoms with E-state index in [4.69, 9.17) is 0 Å². The van der Waals surface area contributed by atoms with Crippen molar-refractivity contribution in [1.29, 1.82) is 0 Å². The van der Waals surface area contributed by atoms with Crippen molar-refractivity contribution in [2.45, 2.75) is 40.9 Å². The number of esters is 2. The van der Waals surface area contributed by atoms with E-state index in [0.29, 0.717) is 12.1 Å². The van der Waals surface area contributed by atoms with Crippen LogP contribution in [0.4, 0.5) is 17.6 Å². The molecule has 1 saturated heterocycles. The smallest absolute Gasteiger partial charge is 0.339 e. The Morgan fingerprint density at radius 1 is 0.878 bits per heavy atom. The number of aliphatic hydroxyl groups excluding tert-OH is 2. The lowest BCUT2D eigenvalue weighted by Crippen LogP contribution is -2.68. The molecule has 6 atom stereocenters. The van der Waals surface area contributed by atoms with Gasteiger partial charge in [0.1, 0.15) is 23.8 Å².